The van der Waals surface area contributed by atoms with Crippen LogP contribution in [-0.4, -0.2) is 33.9 Å². The summed E-state index contributed by atoms with van der Waals surface area (Å²) in [7, 11) is 0. The maximum absolute atomic E-state index is 5.07. The molecular weight excluding hydrogens is 603 g/mol. The van der Waals surface area contributed by atoms with Crippen molar-refractivity contribution in [3.63, 3.8) is 0 Å². The highest BCUT2D eigenvalue weighted by Gasteiger charge is 2.19. The molecule has 7 heteroatoms. The lowest BCUT2D eigenvalue weighted by atomic mass is 10.1. The van der Waals surface area contributed by atoms with E-state index in [0.717, 1.165) is 39.2 Å². The predicted octanol–water partition coefficient (Wildman–Crippen LogP) is 9.59. The van der Waals surface area contributed by atoms with Crippen LogP contribution in [-0.2, 0) is 0 Å². The van der Waals surface area contributed by atoms with Gasteiger partial charge in [0.15, 0.2) is 11.6 Å². The first-order valence-corrected chi connectivity index (χ1v) is 16.2. The summed E-state index contributed by atoms with van der Waals surface area (Å²) >= 11 is 0. The van der Waals surface area contributed by atoms with Crippen molar-refractivity contribution in [1.29, 1.82) is 0 Å². The quantitative estimate of drug-likeness (QED) is 0.190. The monoisotopic (exact) mass is 629 g/mol. The topological polar surface area (TPSA) is 66.3 Å². The molecule has 0 unspecified atom stereocenters. The Morgan fingerprint density at radius 3 is 1.59 bits per heavy atom. The number of benzene rings is 5. The Morgan fingerprint density at radius 1 is 0.408 bits per heavy atom. The minimum Gasteiger partial charge on any atom is -0.309 e. The zero-order chi connectivity index (χ0) is 32.3. The number of fused-ring (bicyclic) bond motifs is 6. The summed E-state index contributed by atoms with van der Waals surface area (Å²) in [5, 5.41) is 9.87. The van der Waals surface area contributed by atoms with E-state index in [1.807, 2.05) is 35.1 Å². The molecule has 7 nitrogen and oxygen atoms in total. The molecule has 0 bridgehead atoms. The van der Waals surface area contributed by atoms with Crippen LogP contribution in [0, 0.1) is 0 Å². The molecule has 0 aliphatic carbocycles. The van der Waals surface area contributed by atoms with Gasteiger partial charge < -0.3 is 9.13 Å². The Hall–Kier alpha value is -6.86. The fourth-order valence-electron chi connectivity index (χ4n) is 7.14. The van der Waals surface area contributed by atoms with E-state index < -0.39 is 0 Å². The van der Waals surface area contributed by atoms with Gasteiger partial charge in [-0.3, -0.25) is 9.97 Å². The molecular formula is C42H27N7. The molecule has 49 heavy (non-hydrogen) atoms. The van der Waals surface area contributed by atoms with Crippen LogP contribution in [0.15, 0.2) is 164 Å². The second-order valence-corrected chi connectivity index (χ2v) is 12.1. The molecule has 0 atom stereocenters. The van der Waals surface area contributed by atoms with Gasteiger partial charge in [-0.1, -0.05) is 72.8 Å². The zero-order valence-electron chi connectivity index (χ0n) is 26.2. The van der Waals surface area contributed by atoms with Crippen LogP contribution in [0.3, 0.4) is 0 Å². The van der Waals surface area contributed by atoms with Gasteiger partial charge in [0.2, 0.25) is 0 Å². The van der Waals surface area contributed by atoms with Gasteiger partial charge in [0.05, 0.1) is 34.0 Å². The molecule has 10 aromatic rings. The van der Waals surface area contributed by atoms with Crippen LogP contribution in [0.4, 0.5) is 0 Å². The maximum atomic E-state index is 5.07. The Bertz CT molecular complexity index is 2720. The summed E-state index contributed by atoms with van der Waals surface area (Å²) < 4.78 is 6.56. The van der Waals surface area contributed by atoms with Crippen molar-refractivity contribution in [1.82, 2.24) is 33.9 Å². The van der Waals surface area contributed by atoms with Crippen LogP contribution < -0.4 is 0 Å². The van der Waals surface area contributed by atoms with Crippen molar-refractivity contribution in [3.05, 3.63) is 164 Å². The van der Waals surface area contributed by atoms with Crippen LogP contribution in [0.2, 0.25) is 0 Å². The van der Waals surface area contributed by atoms with Crippen LogP contribution >= 0.6 is 0 Å². The largest absolute Gasteiger partial charge is 0.309 e. The van der Waals surface area contributed by atoms with E-state index in [0.29, 0.717) is 11.6 Å². The van der Waals surface area contributed by atoms with E-state index in [4.69, 9.17) is 10.1 Å². The Labute approximate surface area is 281 Å². The van der Waals surface area contributed by atoms with Crippen molar-refractivity contribution in [2.75, 3.05) is 0 Å². The van der Waals surface area contributed by atoms with Gasteiger partial charge in [0, 0.05) is 62.6 Å². The van der Waals surface area contributed by atoms with Gasteiger partial charge in [-0.15, -0.1) is 5.10 Å². The van der Waals surface area contributed by atoms with E-state index in [9.17, 15) is 0 Å². The number of nitrogens with zero attached hydrogens (tertiary/aromatic N) is 7. The second-order valence-electron chi connectivity index (χ2n) is 12.1. The minimum absolute atomic E-state index is 0.625. The summed E-state index contributed by atoms with van der Waals surface area (Å²) in [6, 6.07) is 49.0. The third kappa shape index (κ3) is 4.29. The molecule has 0 spiro atoms. The molecule has 5 heterocycles. The average Bonchev–Trinajstić information content (AvgIpc) is 3.86. The van der Waals surface area contributed by atoms with E-state index in [1.165, 1.54) is 32.6 Å². The number of rotatable bonds is 5. The second kappa shape index (κ2) is 10.9. The first-order valence-electron chi connectivity index (χ1n) is 16.2. The number of aromatic nitrogens is 7. The molecule has 0 saturated heterocycles. The molecule has 0 fully saturated rings. The van der Waals surface area contributed by atoms with Crippen LogP contribution in [0.25, 0.3) is 83.4 Å². The summed E-state index contributed by atoms with van der Waals surface area (Å²) in [6.07, 6.45) is 7.13. The van der Waals surface area contributed by atoms with E-state index in [2.05, 4.69) is 134 Å². The molecule has 10 rings (SSSR count). The van der Waals surface area contributed by atoms with Gasteiger partial charge >= 0.3 is 0 Å². The van der Waals surface area contributed by atoms with Crippen molar-refractivity contribution >= 4 is 43.6 Å². The zero-order valence-corrected chi connectivity index (χ0v) is 26.2. The molecule has 0 N–H and O–H groups in total. The fraction of sp³-hybridized carbons (Fsp3) is 0. The molecule has 5 aromatic carbocycles. The standard InChI is InChI=1S/C42H27N7/c1-4-17-37-33(14-1)34-15-2-5-18-38(34)47(37)30-11-7-12-31(25-30)48-39-19-6-3-16-35(39)36-21-20-28(24-40(36)48)41-45-42(29-10-8-22-43-26-29)49(46-41)32-13-9-23-44-27-32/h1-27H. The lowest BCUT2D eigenvalue weighted by molar-refractivity contribution is 0.883. The van der Waals surface area contributed by atoms with Gasteiger partial charge in [-0.2, -0.15) is 0 Å². The van der Waals surface area contributed by atoms with Crippen LogP contribution in [0.5, 0.6) is 0 Å². The van der Waals surface area contributed by atoms with Crippen molar-refractivity contribution in [3.8, 4) is 39.8 Å². The fourth-order valence-corrected chi connectivity index (χ4v) is 7.14. The first kappa shape index (κ1) is 27.3. The summed E-state index contributed by atoms with van der Waals surface area (Å²) in [5.41, 5.74) is 9.40. The molecule has 0 amide bonds. The highest BCUT2D eigenvalue weighted by molar-refractivity contribution is 6.11. The van der Waals surface area contributed by atoms with Crippen LogP contribution in [0.1, 0.15) is 0 Å². The average molecular weight is 630 g/mol. The SMILES string of the molecule is c1cncc(-c2nc(-c3ccc4c5ccccc5n(-c5cccc(-n6c7ccccc7c7ccccc76)c5)c4c3)nn2-c2cccnc2)c1. The van der Waals surface area contributed by atoms with Crippen molar-refractivity contribution < 1.29 is 0 Å². The smallest absolute Gasteiger partial charge is 0.182 e. The molecule has 0 aliphatic heterocycles. The number of hydrogen-bond acceptors (Lipinski definition) is 4. The predicted molar refractivity (Wildman–Crippen MR) is 196 cm³/mol. The summed E-state index contributed by atoms with van der Waals surface area (Å²) in [6.45, 7) is 0. The molecule has 0 aliphatic rings. The Morgan fingerprint density at radius 2 is 0.980 bits per heavy atom. The lowest BCUT2D eigenvalue weighted by Crippen LogP contribution is -2.00. The molecule has 230 valence electrons. The van der Waals surface area contributed by atoms with Gasteiger partial charge in [-0.05, 0) is 66.7 Å². The van der Waals surface area contributed by atoms with Crippen molar-refractivity contribution in [2.24, 2.45) is 0 Å². The van der Waals surface area contributed by atoms with Crippen molar-refractivity contribution in [2.45, 2.75) is 0 Å². The summed E-state index contributed by atoms with van der Waals surface area (Å²) in [4.78, 5) is 13.8. The lowest BCUT2D eigenvalue weighted by Gasteiger charge is -2.13. The van der Waals surface area contributed by atoms with E-state index in [1.54, 1.807) is 18.6 Å². The molecule has 0 saturated carbocycles. The van der Waals surface area contributed by atoms with Gasteiger partial charge in [0.1, 0.15) is 0 Å². The van der Waals surface area contributed by atoms with E-state index >= 15 is 0 Å². The Balaban J connectivity index is 1.18. The third-order valence-corrected chi connectivity index (χ3v) is 9.28. The summed E-state index contributed by atoms with van der Waals surface area (Å²) in [5.74, 6) is 1.33. The number of pyridine rings is 2. The highest BCUT2D eigenvalue weighted by atomic mass is 15.4. The minimum atomic E-state index is 0.625. The normalized spacial score (nSPS) is 11.7. The number of para-hydroxylation sites is 3. The molecule has 0 radical (unpaired) electrons. The Kier molecular flexibility index (Phi) is 6.04. The van der Waals surface area contributed by atoms with Gasteiger partial charge in [0.25, 0.3) is 0 Å². The van der Waals surface area contributed by atoms with E-state index in [-0.39, 0.29) is 0 Å². The maximum Gasteiger partial charge on any atom is 0.182 e. The third-order valence-electron chi connectivity index (χ3n) is 9.28. The molecule has 5 aromatic heterocycles. The van der Waals surface area contributed by atoms with Gasteiger partial charge in [-0.25, -0.2) is 9.67 Å². The highest BCUT2D eigenvalue weighted by Crippen LogP contribution is 2.37. The number of hydrogen-bond donors (Lipinski definition) is 0. The first-order chi connectivity index (χ1) is 24.3.